The van der Waals surface area contributed by atoms with Crippen molar-refractivity contribution in [2.75, 3.05) is 6.61 Å². The summed E-state index contributed by atoms with van der Waals surface area (Å²) in [6, 6.07) is 0. The molecule has 0 aromatic carbocycles. The minimum absolute atomic E-state index is 0.0188. The lowest BCUT2D eigenvalue weighted by molar-refractivity contribution is -0.143. The molecule has 1 radical (unpaired) electrons. The van der Waals surface area contributed by atoms with Gasteiger partial charge < -0.3 is 14.8 Å². The zero-order valence-corrected chi connectivity index (χ0v) is 13.4. The second-order valence-electron chi connectivity index (χ2n) is 6.97. The van der Waals surface area contributed by atoms with Crippen LogP contribution in [0.15, 0.2) is 0 Å². The Morgan fingerprint density at radius 3 is 2.19 bits per heavy atom. The molecular weight excluding hydrogens is 274 g/mol. The van der Waals surface area contributed by atoms with Gasteiger partial charge in [-0.2, -0.15) is 0 Å². The molecule has 1 N–H and O–H groups in total. The highest BCUT2D eigenvalue weighted by Gasteiger charge is 2.39. The number of nitrogens with one attached hydrogen (secondary N) is 1. The number of piperidine rings is 1. The van der Waals surface area contributed by atoms with E-state index in [1.54, 1.807) is 0 Å². The number of hydrogen-bond donors (Lipinski definition) is 1. The van der Waals surface area contributed by atoms with Crippen molar-refractivity contribution in [3.05, 3.63) is 0 Å². The summed E-state index contributed by atoms with van der Waals surface area (Å²) >= 11 is 0. The van der Waals surface area contributed by atoms with Crippen molar-refractivity contribution in [3.63, 3.8) is 0 Å². The fourth-order valence-corrected chi connectivity index (χ4v) is 3.01. The maximum absolute atomic E-state index is 11.6. The van der Waals surface area contributed by atoms with Crippen LogP contribution in [-0.4, -0.2) is 35.9 Å². The Morgan fingerprint density at radius 2 is 1.67 bits per heavy atom. The van der Waals surface area contributed by atoms with E-state index in [0.29, 0.717) is 12.8 Å². The van der Waals surface area contributed by atoms with Crippen molar-refractivity contribution in [1.82, 2.24) is 5.32 Å². The second kappa shape index (κ2) is 7.11. The SMILES string of the molecule is CC1(C)CC(OC(=O)OCCCCC([O])=O)CC(C)(C)N1. The molecule has 1 aliphatic rings. The molecule has 0 bridgehead atoms. The average Bonchev–Trinajstić information content (AvgIpc) is 2.23. The van der Waals surface area contributed by atoms with Crippen LogP contribution in [0.1, 0.15) is 59.8 Å². The molecule has 1 aliphatic heterocycles. The summed E-state index contributed by atoms with van der Waals surface area (Å²) in [5.41, 5.74) is -0.192. The van der Waals surface area contributed by atoms with Crippen molar-refractivity contribution < 1.29 is 24.2 Å². The molecule has 1 heterocycles. The quantitative estimate of drug-likeness (QED) is 0.602. The van der Waals surface area contributed by atoms with Crippen LogP contribution in [0.2, 0.25) is 0 Å². The summed E-state index contributed by atoms with van der Waals surface area (Å²) in [5, 5.41) is 13.7. The third-order valence-corrected chi connectivity index (χ3v) is 3.41. The predicted octanol–water partition coefficient (Wildman–Crippen LogP) is 2.58. The number of unbranched alkanes of at least 4 members (excludes halogenated alkanes) is 1. The van der Waals surface area contributed by atoms with Crippen LogP contribution in [0, 0.1) is 0 Å². The topological polar surface area (TPSA) is 84.5 Å². The average molecular weight is 300 g/mol. The van der Waals surface area contributed by atoms with Crippen LogP contribution in [0.5, 0.6) is 0 Å². The van der Waals surface area contributed by atoms with E-state index in [4.69, 9.17) is 9.47 Å². The molecule has 0 aromatic heterocycles. The number of ether oxygens (including phenoxy) is 2. The van der Waals surface area contributed by atoms with E-state index in [2.05, 4.69) is 33.0 Å². The molecule has 0 aromatic rings. The van der Waals surface area contributed by atoms with Gasteiger partial charge in [-0.15, -0.1) is 0 Å². The summed E-state index contributed by atoms with van der Waals surface area (Å²) in [4.78, 5) is 21.9. The zero-order valence-electron chi connectivity index (χ0n) is 13.4. The van der Waals surface area contributed by atoms with Gasteiger partial charge in [-0.25, -0.2) is 14.7 Å². The minimum atomic E-state index is -1.09. The summed E-state index contributed by atoms with van der Waals surface area (Å²) in [6.45, 7) is 8.49. The summed E-state index contributed by atoms with van der Waals surface area (Å²) in [5.74, 6) is -1.09. The van der Waals surface area contributed by atoms with Gasteiger partial charge in [0.25, 0.3) is 0 Å². The second-order valence-corrected chi connectivity index (χ2v) is 6.97. The maximum atomic E-state index is 11.6. The van der Waals surface area contributed by atoms with Crippen LogP contribution in [0.25, 0.3) is 0 Å². The Morgan fingerprint density at radius 1 is 1.10 bits per heavy atom. The highest BCUT2D eigenvalue weighted by molar-refractivity contribution is 5.66. The van der Waals surface area contributed by atoms with Crippen LogP contribution in [-0.2, 0) is 19.4 Å². The van der Waals surface area contributed by atoms with Gasteiger partial charge in [-0.1, -0.05) is 0 Å². The number of carbonyl (C=O) groups excluding carboxylic acids is 2. The number of carbonyl (C=O) groups is 2. The van der Waals surface area contributed by atoms with E-state index >= 15 is 0 Å². The Bertz CT molecular complexity index is 362. The Hall–Kier alpha value is -1.30. The molecule has 6 nitrogen and oxygen atoms in total. The first-order chi connectivity index (χ1) is 9.60. The van der Waals surface area contributed by atoms with Crippen LogP contribution < -0.4 is 5.32 Å². The fraction of sp³-hybridized carbons (Fsp3) is 0.867. The minimum Gasteiger partial charge on any atom is -0.434 e. The Kier molecular flexibility index (Phi) is 6.01. The van der Waals surface area contributed by atoms with Crippen LogP contribution in [0.3, 0.4) is 0 Å². The van der Waals surface area contributed by atoms with Crippen molar-refractivity contribution in [1.29, 1.82) is 0 Å². The molecule has 0 saturated carbocycles. The summed E-state index contributed by atoms with van der Waals surface area (Å²) in [7, 11) is 0. The molecule has 21 heavy (non-hydrogen) atoms. The lowest BCUT2D eigenvalue weighted by atomic mass is 9.81. The molecule has 1 fully saturated rings. The van der Waals surface area contributed by atoms with E-state index < -0.39 is 12.1 Å². The highest BCUT2D eigenvalue weighted by atomic mass is 16.7. The molecular formula is C15H26NO5. The smallest absolute Gasteiger partial charge is 0.434 e. The molecule has 0 unspecified atom stereocenters. The molecule has 0 spiro atoms. The van der Waals surface area contributed by atoms with E-state index in [-0.39, 0.29) is 30.2 Å². The van der Waals surface area contributed by atoms with Gasteiger partial charge in [0, 0.05) is 23.9 Å². The lowest BCUT2D eigenvalue weighted by Crippen LogP contribution is -2.59. The van der Waals surface area contributed by atoms with E-state index in [1.807, 2.05) is 0 Å². The Balaban J connectivity index is 2.29. The third kappa shape index (κ3) is 7.32. The molecule has 0 atom stereocenters. The van der Waals surface area contributed by atoms with Gasteiger partial charge >= 0.3 is 12.1 Å². The standard InChI is InChI=1S/C15H26NO5/c1-14(2)9-11(10-15(3,4)16-14)21-13(19)20-8-6-5-7-12(17)18/h11,16H,5-10H2,1-4H3. The molecule has 1 rings (SSSR count). The number of hydrogen-bond acceptors (Lipinski definition) is 5. The summed E-state index contributed by atoms with van der Waals surface area (Å²) < 4.78 is 10.3. The number of rotatable bonds is 6. The molecule has 0 aliphatic carbocycles. The van der Waals surface area contributed by atoms with Gasteiger partial charge in [0.1, 0.15) is 6.10 Å². The monoisotopic (exact) mass is 300 g/mol. The molecule has 1 saturated heterocycles. The van der Waals surface area contributed by atoms with Crippen molar-refractivity contribution in [2.45, 2.75) is 77.0 Å². The fourth-order valence-electron chi connectivity index (χ4n) is 3.01. The molecule has 121 valence electrons. The third-order valence-electron chi connectivity index (χ3n) is 3.41. The molecule has 6 heteroatoms. The Labute approximate surface area is 126 Å². The van der Waals surface area contributed by atoms with E-state index in [9.17, 15) is 14.7 Å². The first-order valence-corrected chi connectivity index (χ1v) is 7.42. The molecule has 0 amide bonds. The van der Waals surface area contributed by atoms with Gasteiger partial charge in [0.2, 0.25) is 0 Å². The largest absolute Gasteiger partial charge is 0.508 e. The first-order valence-electron chi connectivity index (χ1n) is 7.42. The van der Waals surface area contributed by atoms with Gasteiger partial charge in [-0.3, -0.25) is 0 Å². The van der Waals surface area contributed by atoms with Crippen LogP contribution >= 0.6 is 0 Å². The highest BCUT2D eigenvalue weighted by Crippen LogP contribution is 2.30. The first kappa shape index (κ1) is 17.8. The van der Waals surface area contributed by atoms with Crippen molar-refractivity contribution in [2.24, 2.45) is 0 Å². The predicted molar refractivity (Wildman–Crippen MR) is 76.3 cm³/mol. The lowest BCUT2D eigenvalue weighted by Gasteiger charge is -2.45. The van der Waals surface area contributed by atoms with Gasteiger partial charge in [0.05, 0.1) is 13.0 Å². The van der Waals surface area contributed by atoms with Crippen LogP contribution in [0.4, 0.5) is 4.79 Å². The van der Waals surface area contributed by atoms with Crippen molar-refractivity contribution >= 4 is 12.1 Å². The van der Waals surface area contributed by atoms with Crippen molar-refractivity contribution in [3.8, 4) is 0 Å². The van der Waals surface area contributed by atoms with E-state index in [0.717, 1.165) is 12.8 Å². The normalized spacial score (nSPS) is 20.8. The maximum Gasteiger partial charge on any atom is 0.508 e. The summed E-state index contributed by atoms with van der Waals surface area (Å²) in [6.07, 6.45) is 1.52. The van der Waals surface area contributed by atoms with Gasteiger partial charge in [-0.05, 0) is 40.5 Å². The van der Waals surface area contributed by atoms with Gasteiger partial charge in [0.15, 0.2) is 0 Å². The zero-order chi connectivity index (χ0) is 16.1. The van der Waals surface area contributed by atoms with E-state index in [1.165, 1.54) is 0 Å².